The first-order valence-electron chi connectivity index (χ1n) is 3.65. The van der Waals surface area contributed by atoms with Crippen LogP contribution in [0.25, 0.3) is 0 Å². The largest absolute Gasteiger partial charge is 0.392 e. The van der Waals surface area contributed by atoms with E-state index < -0.39 is 17.9 Å². The number of hydrogen-bond donors (Lipinski definition) is 3. The number of rotatable bonds is 1. The van der Waals surface area contributed by atoms with Gasteiger partial charge in [-0.2, -0.15) is 0 Å². The molecule has 0 aromatic carbocycles. The molecule has 2 unspecified atom stereocenters. The molecule has 0 aliphatic heterocycles. The van der Waals surface area contributed by atoms with Gasteiger partial charge in [0.2, 0.25) is 5.91 Å². The third-order valence-corrected chi connectivity index (χ3v) is 2.04. The molecule has 0 saturated heterocycles. The van der Waals surface area contributed by atoms with E-state index in [9.17, 15) is 9.90 Å². The molecule has 1 aliphatic rings. The van der Waals surface area contributed by atoms with Crippen molar-refractivity contribution in [1.29, 1.82) is 5.41 Å². The van der Waals surface area contributed by atoms with Crippen LogP contribution in [0.4, 0.5) is 0 Å². The van der Waals surface area contributed by atoms with Crippen LogP contribution in [0, 0.1) is 11.3 Å². The zero-order chi connectivity index (χ0) is 8.43. The van der Waals surface area contributed by atoms with E-state index in [-0.39, 0.29) is 0 Å². The van der Waals surface area contributed by atoms with Gasteiger partial charge in [-0.15, -0.1) is 0 Å². The van der Waals surface area contributed by atoms with Crippen molar-refractivity contribution >= 4 is 11.6 Å². The van der Waals surface area contributed by atoms with Gasteiger partial charge in [-0.05, 0) is 12.8 Å². The molecule has 0 spiro atoms. The number of primary amides is 1. The van der Waals surface area contributed by atoms with E-state index in [2.05, 4.69) is 0 Å². The molecule has 4 heteroatoms. The highest BCUT2D eigenvalue weighted by Crippen LogP contribution is 2.21. The van der Waals surface area contributed by atoms with E-state index in [1.54, 1.807) is 0 Å². The van der Waals surface area contributed by atoms with Crippen molar-refractivity contribution in [3.05, 3.63) is 0 Å². The Bertz CT molecular complexity index is 191. The summed E-state index contributed by atoms with van der Waals surface area (Å²) in [7, 11) is 0. The first-order chi connectivity index (χ1) is 5.11. The Morgan fingerprint density at radius 1 is 1.73 bits per heavy atom. The minimum absolute atomic E-state index is 0.299. The highest BCUT2D eigenvalue weighted by Gasteiger charge is 2.29. The predicted molar refractivity (Wildman–Crippen MR) is 40.3 cm³/mol. The molecule has 2 atom stereocenters. The zero-order valence-corrected chi connectivity index (χ0v) is 6.21. The number of aliphatic hydroxyl groups excluding tert-OH is 1. The summed E-state index contributed by atoms with van der Waals surface area (Å²) in [6.07, 6.45) is 0.682. The lowest BCUT2D eigenvalue weighted by molar-refractivity contribution is -0.125. The van der Waals surface area contributed by atoms with Crippen LogP contribution >= 0.6 is 0 Å². The summed E-state index contributed by atoms with van der Waals surface area (Å²) >= 11 is 0. The number of amides is 1. The number of nitrogens with two attached hydrogens (primary N) is 1. The predicted octanol–water partition coefficient (Wildman–Crippen LogP) is -0.348. The minimum Gasteiger partial charge on any atom is -0.392 e. The number of hydrogen-bond acceptors (Lipinski definition) is 3. The van der Waals surface area contributed by atoms with Gasteiger partial charge in [0.15, 0.2) is 0 Å². The lowest BCUT2D eigenvalue weighted by Crippen LogP contribution is -2.38. The monoisotopic (exact) mass is 156 g/mol. The van der Waals surface area contributed by atoms with Crippen LogP contribution in [0.2, 0.25) is 0 Å². The fourth-order valence-electron chi connectivity index (χ4n) is 1.35. The zero-order valence-electron chi connectivity index (χ0n) is 6.21. The highest BCUT2D eigenvalue weighted by atomic mass is 16.3. The summed E-state index contributed by atoms with van der Waals surface area (Å²) in [5.41, 5.74) is 5.54. The summed E-state index contributed by atoms with van der Waals surface area (Å²) in [4.78, 5) is 10.7. The van der Waals surface area contributed by atoms with E-state index in [0.717, 1.165) is 0 Å². The fourth-order valence-corrected chi connectivity index (χ4v) is 1.35. The minimum atomic E-state index is -0.728. The number of carbonyl (C=O) groups is 1. The molecule has 1 fully saturated rings. The van der Waals surface area contributed by atoms with E-state index in [1.807, 2.05) is 0 Å². The first kappa shape index (κ1) is 8.20. The average molecular weight is 156 g/mol. The molecule has 11 heavy (non-hydrogen) atoms. The summed E-state index contributed by atoms with van der Waals surface area (Å²) in [6, 6.07) is 0. The molecule has 1 aliphatic carbocycles. The Hall–Kier alpha value is -0.900. The number of nitrogens with one attached hydrogen (secondary N) is 1. The summed E-state index contributed by atoms with van der Waals surface area (Å²) < 4.78 is 0. The smallest absolute Gasteiger partial charge is 0.223 e. The highest BCUT2D eigenvalue weighted by molar-refractivity contribution is 5.86. The second-order valence-corrected chi connectivity index (χ2v) is 2.92. The van der Waals surface area contributed by atoms with E-state index in [4.69, 9.17) is 11.1 Å². The topological polar surface area (TPSA) is 87.2 Å². The maximum atomic E-state index is 10.7. The molecule has 62 valence electrons. The maximum absolute atomic E-state index is 10.7. The first-order valence-corrected chi connectivity index (χ1v) is 3.65. The van der Waals surface area contributed by atoms with Gasteiger partial charge in [0.05, 0.1) is 12.0 Å². The molecule has 0 aromatic heterocycles. The van der Waals surface area contributed by atoms with Gasteiger partial charge in [0.1, 0.15) is 0 Å². The molecule has 4 nitrogen and oxygen atoms in total. The summed E-state index contributed by atoms with van der Waals surface area (Å²) in [5.74, 6) is -0.894. The Balaban J connectivity index is 2.57. The summed E-state index contributed by atoms with van der Waals surface area (Å²) in [5, 5.41) is 16.5. The van der Waals surface area contributed by atoms with E-state index >= 15 is 0 Å². The fraction of sp³-hybridized carbons (Fsp3) is 0.714. The van der Waals surface area contributed by atoms with Crippen molar-refractivity contribution in [2.45, 2.75) is 25.4 Å². The summed E-state index contributed by atoms with van der Waals surface area (Å²) in [6.45, 7) is 0. The molecule has 1 amide bonds. The van der Waals surface area contributed by atoms with Gasteiger partial charge >= 0.3 is 0 Å². The molecular weight excluding hydrogens is 144 g/mol. The quantitative estimate of drug-likeness (QED) is 0.484. The third-order valence-electron chi connectivity index (χ3n) is 2.04. The standard InChI is InChI=1S/C7H12N2O2/c8-4-1-2-5(7(9)11)6(10)3-4/h5-6,8,10H,1-3H2,(H2,9,11). The van der Waals surface area contributed by atoms with Gasteiger partial charge in [0.25, 0.3) is 0 Å². The van der Waals surface area contributed by atoms with Gasteiger partial charge < -0.3 is 16.2 Å². The van der Waals surface area contributed by atoms with Crippen molar-refractivity contribution in [3.63, 3.8) is 0 Å². The average Bonchev–Trinajstić information content (AvgIpc) is 1.85. The number of aliphatic hydroxyl groups is 1. The Labute approximate surface area is 64.9 Å². The van der Waals surface area contributed by atoms with Gasteiger partial charge in [-0.25, -0.2) is 0 Å². The van der Waals surface area contributed by atoms with Crippen LogP contribution in [0.3, 0.4) is 0 Å². The lowest BCUT2D eigenvalue weighted by Gasteiger charge is -2.25. The Morgan fingerprint density at radius 3 is 2.82 bits per heavy atom. The normalized spacial score (nSPS) is 31.9. The molecule has 0 aromatic rings. The SMILES string of the molecule is N=C1CCC(C(N)=O)C(O)C1. The van der Waals surface area contributed by atoms with E-state index in [0.29, 0.717) is 25.0 Å². The van der Waals surface area contributed by atoms with Crippen LogP contribution in [-0.2, 0) is 4.79 Å². The van der Waals surface area contributed by atoms with Crippen LogP contribution in [0.5, 0.6) is 0 Å². The van der Waals surface area contributed by atoms with Gasteiger partial charge in [0, 0.05) is 12.1 Å². The molecule has 0 heterocycles. The van der Waals surface area contributed by atoms with Crippen LogP contribution in [0.1, 0.15) is 19.3 Å². The van der Waals surface area contributed by atoms with Gasteiger partial charge in [-0.3, -0.25) is 4.79 Å². The Morgan fingerprint density at radius 2 is 2.36 bits per heavy atom. The van der Waals surface area contributed by atoms with Crippen LogP contribution in [-0.4, -0.2) is 22.8 Å². The molecule has 0 bridgehead atoms. The molecule has 0 radical (unpaired) electrons. The molecule has 1 saturated carbocycles. The van der Waals surface area contributed by atoms with Crippen molar-refractivity contribution in [2.24, 2.45) is 11.7 Å². The van der Waals surface area contributed by atoms with Gasteiger partial charge in [-0.1, -0.05) is 0 Å². The second-order valence-electron chi connectivity index (χ2n) is 2.92. The van der Waals surface area contributed by atoms with Crippen molar-refractivity contribution in [1.82, 2.24) is 0 Å². The van der Waals surface area contributed by atoms with Crippen molar-refractivity contribution in [2.75, 3.05) is 0 Å². The molecular formula is C7H12N2O2. The van der Waals surface area contributed by atoms with Crippen LogP contribution in [0.15, 0.2) is 0 Å². The Kier molecular flexibility index (Phi) is 2.24. The molecule has 1 rings (SSSR count). The van der Waals surface area contributed by atoms with Crippen LogP contribution < -0.4 is 5.73 Å². The number of carbonyl (C=O) groups excluding carboxylic acids is 1. The maximum Gasteiger partial charge on any atom is 0.223 e. The molecule has 4 N–H and O–H groups in total. The second kappa shape index (κ2) is 3.00. The van der Waals surface area contributed by atoms with E-state index in [1.165, 1.54) is 0 Å². The van der Waals surface area contributed by atoms with Crippen molar-refractivity contribution in [3.8, 4) is 0 Å². The third kappa shape index (κ3) is 1.77. The van der Waals surface area contributed by atoms with Crippen molar-refractivity contribution < 1.29 is 9.90 Å². The lowest BCUT2D eigenvalue weighted by atomic mass is 9.85.